The highest BCUT2D eigenvalue weighted by Crippen LogP contribution is 2.40. The zero-order valence-electron chi connectivity index (χ0n) is 14.3. The van der Waals surface area contributed by atoms with Gasteiger partial charge in [0.15, 0.2) is 0 Å². The van der Waals surface area contributed by atoms with Crippen LogP contribution in [0.1, 0.15) is 33.8 Å². The number of thioether (sulfide) groups is 1. The van der Waals surface area contributed by atoms with Crippen LogP contribution in [0.25, 0.3) is 0 Å². The molecule has 0 unspecified atom stereocenters. The van der Waals surface area contributed by atoms with Crippen molar-refractivity contribution < 1.29 is 18.0 Å². The van der Waals surface area contributed by atoms with Gasteiger partial charge in [0.25, 0.3) is 5.91 Å². The van der Waals surface area contributed by atoms with Crippen molar-refractivity contribution >= 4 is 17.7 Å². The van der Waals surface area contributed by atoms with E-state index in [0.717, 1.165) is 23.4 Å². The second kappa shape index (κ2) is 7.96. The first-order valence-electron chi connectivity index (χ1n) is 8.16. The van der Waals surface area contributed by atoms with Crippen molar-refractivity contribution in [2.24, 2.45) is 0 Å². The van der Waals surface area contributed by atoms with Crippen molar-refractivity contribution in [2.75, 3.05) is 0 Å². The van der Waals surface area contributed by atoms with E-state index < -0.39 is 17.0 Å². The fraction of sp³-hybridized carbons (Fsp3) is 0.211. The van der Waals surface area contributed by atoms with Crippen molar-refractivity contribution in [1.29, 1.82) is 0 Å². The molecule has 3 rings (SSSR count). The highest BCUT2D eigenvalue weighted by molar-refractivity contribution is 7.99. The van der Waals surface area contributed by atoms with E-state index in [2.05, 4.69) is 10.1 Å². The first kappa shape index (κ1) is 19.2. The SMILES string of the molecule is C[C@@H](Sc1ncccc1C(F)(F)F)c1ccnn1C(=O)Cc1ccccc1. The smallest absolute Gasteiger partial charge is 0.272 e. The number of nitrogens with zero attached hydrogens (tertiary/aromatic N) is 3. The lowest BCUT2D eigenvalue weighted by atomic mass is 10.1. The number of benzene rings is 1. The molecule has 0 saturated carbocycles. The number of halogens is 3. The highest BCUT2D eigenvalue weighted by Gasteiger charge is 2.34. The quantitative estimate of drug-likeness (QED) is 0.572. The molecular weight excluding hydrogens is 375 g/mol. The summed E-state index contributed by atoms with van der Waals surface area (Å²) in [6.45, 7) is 1.73. The van der Waals surface area contributed by atoms with Crippen LogP contribution in [-0.2, 0) is 12.6 Å². The lowest BCUT2D eigenvalue weighted by Gasteiger charge is -2.16. The lowest BCUT2D eigenvalue weighted by molar-refractivity contribution is -0.140. The van der Waals surface area contributed by atoms with Crippen molar-refractivity contribution in [2.45, 2.75) is 29.8 Å². The Kier molecular flexibility index (Phi) is 5.65. The van der Waals surface area contributed by atoms with E-state index in [1.165, 1.54) is 23.1 Å². The van der Waals surface area contributed by atoms with Crippen LogP contribution in [0.2, 0.25) is 0 Å². The van der Waals surface area contributed by atoms with Gasteiger partial charge in [-0.25, -0.2) is 9.67 Å². The van der Waals surface area contributed by atoms with E-state index in [4.69, 9.17) is 0 Å². The third-order valence-corrected chi connectivity index (χ3v) is 5.03. The lowest BCUT2D eigenvalue weighted by Crippen LogP contribution is -2.18. The molecule has 27 heavy (non-hydrogen) atoms. The summed E-state index contributed by atoms with van der Waals surface area (Å²) in [6, 6.07) is 13.1. The summed E-state index contributed by atoms with van der Waals surface area (Å²) < 4.78 is 40.7. The summed E-state index contributed by atoms with van der Waals surface area (Å²) in [5.74, 6) is -0.245. The third kappa shape index (κ3) is 4.57. The molecule has 2 heterocycles. The third-order valence-electron chi connectivity index (χ3n) is 3.89. The van der Waals surface area contributed by atoms with E-state index in [0.29, 0.717) is 5.69 Å². The maximum Gasteiger partial charge on any atom is 0.419 e. The summed E-state index contributed by atoms with van der Waals surface area (Å²) in [4.78, 5) is 16.4. The first-order valence-corrected chi connectivity index (χ1v) is 9.04. The summed E-state index contributed by atoms with van der Waals surface area (Å²) in [5.41, 5.74) is 0.580. The van der Waals surface area contributed by atoms with Crippen LogP contribution in [0.4, 0.5) is 13.2 Å². The van der Waals surface area contributed by atoms with Gasteiger partial charge in [-0.15, -0.1) is 0 Å². The van der Waals surface area contributed by atoms with Gasteiger partial charge in [0.05, 0.1) is 22.9 Å². The van der Waals surface area contributed by atoms with Crippen molar-refractivity contribution in [3.8, 4) is 0 Å². The Morgan fingerprint density at radius 2 is 1.85 bits per heavy atom. The average molecular weight is 391 g/mol. The maximum atomic E-state index is 13.2. The Labute approximate surface area is 158 Å². The largest absolute Gasteiger partial charge is 0.419 e. The Hall–Kier alpha value is -2.61. The molecule has 0 saturated heterocycles. The first-order chi connectivity index (χ1) is 12.9. The zero-order chi connectivity index (χ0) is 19.4. The molecular formula is C19H16F3N3OS. The fourth-order valence-electron chi connectivity index (χ4n) is 2.60. The van der Waals surface area contributed by atoms with E-state index in [1.54, 1.807) is 13.0 Å². The average Bonchev–Trinajstić information content (AvgIpc) is 3.12. The molecule has 2 aromatic heterocycles. The van der Waals surface area contributed by atoms with Gasteiger partial charge in [0.2, 0.25) is 0 Å². The van der Waals surface area contributed by atoms with Gasteiger partial charge < -0.3 is 0 Å². The molecule has 140 valence electrons. The Morgan fingerprint density at radius 1 is 1.11 bits per heavy atom. The van der Waals surface area contributed by atoms with Crippen molar-refractivity contribution in [3.63, 3.8) is 0 Å². The van der Waals surface area contributed by atoms with Gasteiger partial charge in [0, 0.05) is 12.4 Å². The molecule has 0 radical (unpaired) electrons. The molecule has 0 bridgehead atoms. The van der Waals surface area contributed by atoms with E-state index >= 15 is 0 Å². The summed E-state index contributed by atoms with van der Waals surface area (Å²) in [5, 5.41) is 3.49. The van der Waals surface area contributed by atoms with E-state index in [1.807, 2.05) is 30.3 Å². The van der Waals surface area contributed by atoms with Gasteiger partial charge >= 0.3 is 6.18 Å². The van der Waals surface area contributed by atoms with E-state index in [9.17, 15) is 18.0 Å². The predicted molar refractivity (Wildman–Crippen MR) is 96.5 cm³/mol. The Balaban J connectivity index is 1.81. The van der Waals surface area contributed by atoms with Gasteiger partial charge in [-0.2, -0.15) is 18.3 Å². The summed E-state index contributed by atoms with van der Waals surface area (Å²) in [6.07, 6.45) is -1.54. The zero-order valence-corrected chi connectivity index (χ0v) is 15.2. The molecule has 0 fully saturated rings. The van der Waals surface area contributed by atoms with Gasteiger partial charge in [-0.1, -0.05) is 42.1 Å². The number of carbonyl (C=O) groups excluding carboxylic acids is 1. The molecule has 8 heteroatoms. The van der Waals surface area contributed by atoms with Gasteiger partial charge in [-0.3, -0.25) is 4.79 Å². The van der Waals surface area contributed by atoms with Crippen LogP contribution in [0.3, 0.4) is 0 Å². The van der Waals surface area contributed by atoms with Crippen molar-refractivity contribution in [3.05, 3.63) is 77.7 Å². The number of hydrogen-bond acceptors (Lipinski definition) is 4. The molecule has 0 amide bonds. The van der Waals surface area contributed by atoms with Crippen LogP contribution in [0.15, 0.2) is 66.0 Å². The fourth-order valence-corrected chi connectivity index (χ4v) is 3.67. The molecule has 1 atom stereocenters. The second-order valence-corrected chi connectivity index (χ2v) is 7.17. The molecule has 0 aliphatic rings. The standard InChI is InChI=1S/C19H16F3N3OS/c1-13(27-18-15(19(20,21)22)8-5-10-23-18)16-9-11-24-25(16)17(26)12-14-6-3-2-4-7-14/h2-11,13H,12H2,1H3/t13-/m1/s1. The second-order valence-electron chi connectivity index (χ2n) is 5.84. The van der Waals surface area contributed by atoms with E-state index in [-0.39, 0.29) is 17.4 Å². The molecule has 1 aromatic carbocycles. The molecule has 0 spiro atoms. The number of hydrogen-bond donors (Lipinski definition) is 0. The summed E-state index contributed by atoms with van der Waals surface area (Å²) in [7, 11) is 0. The molecule has 0 N–H and O–H groups in total. The minimum absolute atomic E-state index is 0.124. The molecule has 0 aliphatic carbocycles. The summed E-state index contributed by atoms with van der Waals surface area (Å²) >= 11 is 0.948. The normalized spacial score (nSPS) is 12.7. The minimum atomic E-state index is -4.49. The van der Waals surface area contributed by atoms with Crippen LogP contribution in [0.5, 0.6) is 0 Å². The van der Waals surface area contributed by atoms with Crippen molar-refractivity contribution in [1.82, 2.24) is 14.8 Å². The molecule has 0 aliphatic heterocycles. The number of aromatic nitrogens is 3. The Bertz CT molecular complexity index is 925. The van der Waals surface area contributed by atoms with Crippen LogP contribution < -0.4 is 0 Å². The van der Waals surface area contributed by atoms with Crippen LogP contribution in [0, 0.1) is 0 Å². The number of pyridine rings is 1. The Morgan fingerprint density at radius 3 is 2.56 bits per heavy atom. The van der Waals surface area contributed by atoms with Crippen LogP contribution in [-0.4, -0.2) is 20.7 Å². The number of alkyl halides is 3. The topological polar surface area (TPSA) is 47.8 Å². The predicted octanol–water partition coefficient (Wildman–Crippen LogP) is 5.03. The number of rotatable bonds is 5. The minimum Gasteiger partial charge on any atom is -0.272 e. The molecule has 3 aromatic rings. The maximum absolute atomic E-state index is 13.2. The number of carbonyl (C=O) groups is 1. The van der Waals surface area contributed by atoms with Crippen LogP contribution >= 0.6 is 11.8 Å². The van der Waals surface area contributed by atoms with Gasteiger partial charge in [-0.05, 0) is 30.7 Å². The molecule has 4 nitrogen and oxygen atoms in total. The van der Waals surface area contributed by atoms with Gasteiger partial charge in [0.1, 0.15) is 5.03 Å². The highest BCUT2D eigenvalue weighted by atomic mass is 32.2. The monoisotopic (exact) mass is 391 g/mol.